The fourth-order valence-electron chi connectivity index (χ4n) is 1.42. The molecule has 0 heterocycles. The number of halogens is 2. The lowest BCUT2D eigenvalue weighted by atomic mass is 10.1. The lowest BCUT2D eigenvalue weighted by Gasteiger charge is -2.06. The van der Waals surface area contributed by atoms with Crippen LogP contribution in [0.15, 0.2) is 18.2 Å². The Labute approximate surface area is 105 Å². The van der Waals surface area contributed by atoms with Gasteiger partial charge in [-0.2, -0.15) is 0 Å². The molecule has 0 fully saturated rings. The predicted octanol–water partition coefficient (Wildman–Crippen LogP) is 1.88. The molecule has 1 rings (SSSR count). The van der Waals surface area contributed by atoms with Gasteiger partial charge in [0.2, 0.25) is 5.91 Å². The molecule has 5 heteroatoms. The van der Waals surface area contributed by atoms with Gasteiger partial charge in [-0.3, -0.25) is 4.79 Å². The molecule has 1 amide bonds. The summed E-state index contributed by atoms with van der Waals surface area (Å²) in [5.41, 5.74) is 5.80. The number of nitrogens with one attached hydrogen (secondary N) is 1. The Morgan fingerprint density at radius 2 is 2.24 bits per heavy atom. The van der Waals surface area contributed by atoms with Crippen molar-refractivity contribution >= 4 is 17.5 Å². The van der Waals surface area contributed by atoms with Crippen molar-refractivity contribution in [3.05, 3.63) is 34.6 Å². The van der Waals surface area contributed by atoms with Gasteiger partial charge in [0, 0.05) is 18.0 Å². The number of hydrogen-bond acceptors (Lipinski definition) is 2. The molecule has 0 radical (unpaired) electrons. The number of amides is 1. The Kier molecular flexibility index (Phi) is 5.94. The average Bonchev–Trinajstić information content (AvgIpc) is 2.31. The van der Waals surface area contributed by atoms with Gasteiger partial charge in [-0.15, -0.1) is 0 Å². The van der Waals surface area contributed by atoms with E-state index in [1.807, 2.05) is 0 Å². The standard InChI is InChI=1S/C12H16ClFN2O/c13-10-3-4-11(14)9(8-10)5-7-16-12(17)2-1-6-15/h3-4,8H,1-2,5-7,15H2,(H,16,17). The summed E-state index contributed by atoms with van der Waals surface area (Å²) >= 11 is 5.76. The zero-order valence-electron chi connectivity index (χ0n) is 9.51. The van der Waals surface area contributed by atoms with Crippen molar-refractivity contribution in [3.63, 3.8) is 0 Å². The fraction of sp³-hybridized carbons (Fsp3) is 0.417. The molecule has 0 saturated heterocycles. The van der Waals surface area contributed by atoms with Crippen molar-refractivity contribution in [1.29, 1.82) is 0 Å². The van der Waals surface area contributed by atoms with E-state index in [4.69, 9.17) is 17.3 Å². The molecule has 17 heavy (non-hydrogen) atoms. The molecule has 0 unspecified atom stereocenters. The molecule has 1 aromatic rings. The van der Waals surface area contributed by atoms with Crippen molar-refractivity contribution in [2.24, 2.45) is 5.73 Å². The van der Waals surface area contributed by atoms with Crippen LogP contribution >= 0.6 is 11.6 Å². The summed E-state index contributed by atoms with van der Waals surface area (Å²) in [6, 6.07) is 4.40. The van der Waals surface area contributed by atoms with Crippen LogP contribution in [0, 0.1) is 5.82 Å². The highest BCUT2D eigenvalue weighted by Crippen LogP contribution is 2.14. The second-order valence-corrected chi connectivity index (χ2v) is 4.16. The first-order valence-corrected chi connectivity index (χ1v) is 5.92. The van der Waals surface area contributed by atoms with Crippen LogP contribution in [0.4, 0.5) is 4.39 Å². The SMILES string of the molecule is NCCCC(=O)NCCc1cc(Cl)ccc1F. The highest BCUT2D eigenvalue weighted by Gasteiger charge is 2.04. The summed E-state index contributed by atoms with van der Waals surface area (Å²) in [6.07, 6.45) is 1.51. The summed E-state index contributed by atoms with van der Waals surface area (Å²) in [5, 5.41) is 3.20. The van der Waals surface area contributed by atoms with Crippen LogP contribution in [0.2, 0.25) is 5.02 Å². The minimum absolute atomic E-state index is 0.0575. The number of nitrogens with two attached hydrogens (primary N) is 1. The third kappa shape index (κ3) is 5.15. The van der Waals surface area contributed by atoms with Crippen molar-refractivity contribution in [2.45, 2.75) is 19.3 Å². The van der Waals surface area contributed by atoms with E-state index in [9.17, 15) is 9.18 Å². The predicted molar refractivity (Wildman–Crippen MR) is 66.4 cm³/mol. The molecule has 0 atom stereocenters. The maximum Gasteiger partial charge on any atom is 0.220 e. The van der Waals surface area contributed by atoms with Gasteiger partial charge in [0.25, 0.3) is 0 Å². The average molecular weight is 259 g/mol. The van der Waals surface area contributed by atoms with Gasteiger partial charge < -0.3 is 11.1 Å². The molecule has 0 spiro atoms. The lowest BCUT2D eigenvalue weighted by molar-refractivity contribution is -0.121. The largest absolute Gasteiger partial charge is 0.356 e. The molecule has 0 bridgehead atoms. The Morgan fingerprint density at radius 3 is 2.94 bits per heavy atom. The van der Waals surface area contributed by atoms with Crippen LogP contribution in [0.3, 0.4) is 0 Å². The van der Waals surface area contributed by atoms with Crippen LogP contribution in [-0.2, 0) is 11.2 Å². The normalized spacial score (nSPS) is 10.3. The van der Waals surface area contributed by atoms with Crippen molar-refractivity contribution in [3.8, 4) is 0 Å². The van der Waals surface area contributed by atoms with E-state index >= 15 is 0 Å². The van der Waals surface area contributed by atoms with E-state index in [2.05, 4.69) is 5.32 Å². The summed E-state index contributed by atoms with van der Waals surface area (Å²) in [5.74, 6) is -0.358. The Bertz CT molecular complexity index is 385. The third-order valence-corrected chi connectivity index (χ3v) is 2.57. The molecule has 0 saturated carbocycles. The molecule has 1 aromatic carbocycles. The summed E-state index contributed by atoms with van der Waals surface area (Å²) < 4.78 is 13.3. The first-order chi connectivity index (χ1) is 8.13. The van der Waals surface area contributed by atoms with Gasteiger partial charge in [0.1, 0.15) is 5.82 Å². The Hall–Kier alpha value is -1.13. The lowest BCUT2D eigenvalue weighted by Crippen LogP contribution is -2.26. The quantitative estimate of drug-likeness (QED) is 0.819. The van der Waals surface area contributed by atoms with E-state index in [0.29, 0.717) is 42.9 Å². The van der Waals surface area contributed by atoms with Crippen LogP contribution in [0.5, 0.6) is 0 Å². The first-order valence-electron chi connectivity index (χ1n) is 5.54. The summed E-state index contributed by atoms with van der Waals surface area (Å²) in [4.78, 5) is 11.3. The minimum atomic E-state index is -0.300. The fourth-order valence-corrected chi connectivity index (χ4v) is 1.62. The topological polar surface area (TPSA) is 55.1 Å². The van der Waals surface area contributed by atoms with Gasteiger partial charge in [0.05, 0.1) is 0 Å². The van der Waals surface area contributed by atoms with E-state index < -0.39 is 0 Å². The molecular weight excluding hydrogens is 243 g/mol. The number of rotatable bonds is 6. The monoisotopic (exact) mass is 258 g/mol. The molecule has 3 nitrogen and oxygen atoms in total. The maximum atomic E-state index is 13.3. The molecule has 0 aliphatic carbocycles. The van der Waals surface area contributed by atoms with E-state index in [1.165, 1.54) is 12.1 Å². The number of hydrogen-bond donors (Lipinski definition) is 2. The molecule has 3 N–H and O–H groups in total. The number of benzene rings is 1. The van der Waals surface area contributed by atoms with Gasteiger partial charge in [-0.25, -0.2) is 4.39 Å². The second kappa shape index (κ2) is 7.25. The van der Waals surface area contributed by atoms with Gasteiger partial charge in [-0.1, -0.05) is 11.6 Å². The Morgan fingerprint density at radius 1 is 1.47 bits per heavy atom. The maximum absolute atomic E-state index is 13.3. The molecule has 94 valence electrons. The van der Waals surface area contributed by atoms with Crippen LogP contribution in [-0.4, -0.2) is 19.0 Å². The van der Waals surface area contributed by atoms with Gasteiger partial charge in [0.15, 0.2) is 0 Å². The zero-order valence-corrected chi connectivity index (χ0v) is 10.3. The number of carbonyl (C=O) groups excluding carboxylic acids is 1. The molecular formula is C12H16ClFN2O. The minimum Gasteiger partial charge on any atom is -0.356 e. The van der Waals surface area contributed by atoms with Gasteiger partial charge >= 0.3 is 0 Å². The third-order valence-electron chi connectivity index (χ3n) is 2.33. The second-order valence-electron chi connectivity index (χ2n) is 3.73. The summed E-state index contributed by atoms with van der Waals surface area (Å²) in [7, 11) is 0. The highest BCUT2D eigenvalue weighted by atomic mass is 35.5. The highest BCUT2D eigenvalue weighted by molar-refractivity contribution is 6.30. The van der Waals surface area contributed by atoms with Crippen LogP contribution in [0.25, 0.3) is 0 Å². The van der Waals surface area contributed by atoms with Crippen LogP contribution in [0.1, 0.15) is 18.4 Å². The van der Waals surface area contributed by atoms with E-state index in [-0.39, 0.29) is 11.7 Å². The van der Waals surface area contributed by atoms with Crippen molar-refractivity contribution in [1.82, 2.24) is 5.32 Å². The van der Waals surface area contributed by atoms with E-state index in [0.717, 1.165) is 0 Å². The smallest absolute Gasteiger partial charge is 0.220 e. The van der Waals surface area contributed by atoms with E-state index in [1.54, 1.807) is 6.07 Å². The van der Waals surface area contributed by atoms with Gasteiger partial charge in [-0.05, 0) is 43.1 Å². The summed E-state index contributed by atoms with van der Waals surface area (Å²) in [6.45, 7) is 0.900. The molecule has 0 aliphatic heterocycles. The van der Waals surface area contributed by atoms with Crippen LogP contribution < -0.4 is 11.1 Å². The molecule has 0 aliphatic rings. The first kappa shape index (κ1) is 13.9. The zero-order chi connectivity index (χ0) is 12.7. The van der Waals surface area contributed by atoms with Crippen molar-refractivity contribution < 1.29 is 9.18 Å². The Balaban J connectivity index is 2.35. The number of carbonyl (C=O) groups is 1. The van der Waals surface area contributed by atoms with Crippen molar-refractivity contribution in [2.75, 3.05) is 13.1 Å². The molecule has 0 aromatic heterocycles.